The molecular weight excluding hydrogens is 576 g/mol. The zero-order valence-corrected chi connectivity index (χ0v) is 25.4. The van der Waals surface area contributed by atoms with Crippen LogP contribution in [-0.2, 0) is 10.1 Å². The maximum atomic E-state index is 13.4. The van der Waals surface area contributed by atoms with Crippen LogP contribution in [0.1, 0.15) is 22.8 Å². The Morgan fingerprint density at radius 3 is 2.44 bits per heavy atom. The largest absolute Gasteiger partial charge is 1.00 e. The van der Waals surface area contributed by atoms with Crippen molar-refractivity contribution in [3.8, 4) is 11.5 Å². The van der Waals surface area contributed by atoms with Crippen LogP contribution in [0.25, 0.3) is 10.8 Å². The normalized spacial score (nSPS) is 11.4. The summed E-state index contributed by atoms with van der Waals surface area (Å²) in [5.74, 6) is -0.951. The monoisotopic (exact) mass is 595 g/mol. The Balaban J connectivity index is 0.00000420. The van der Waals surface area contributed by atoms with Crippen LogP contribution in [0.5, 0.6) is 11.5 Å². The fourth-order valence-corrected chi connectivity index (χ4v) is 5.05. The molecule has 0 fully saturated rings. The fourth-order valence-electron chi connectivity index (χ4n) is 3.78. The maximum Gasteiger partial charge on any atom is 1.00 e. The van der Waals surface area contributed by atoms with Crippen LogP contribution in [0.4, 0.5) is 17.1 Å². The molecule has 0 saturated heterocycles. The average molecular weight is 596 g/mol. The Morgan fingerprint density at radius 2 is 1.74 bits per heavy atom. The van der Waals surface area contributed by atoms with Gasteiger partial charge in [-0.1, -0.05) is 53.2 Å². The first-order valence-electron chi connectivity index (χ1n) is 11.1. The molecule has 0 atom stereocenters. The third kappa shape index (κ3) is 7.09. The minimum absolute atomic E-state index is 0. The van der Waals surface area contributed by atoms with Crippen LogP contribution < -0.4 is 44.7 Å². The van der Waals surface area contributed by atoms with Gasteiger partial charge in [0.15, 0.2) is 0 Å². The molecule has 0 aliphatic carbocycles. The molecule has 4 rings (SSSR count). The number of anilines is 1. The van der Waals surface area contributed by atoms with Crippen molar-refractivity contribution in [2.24, 2.45) is 10.2 Å². The number of amides is 1. The number of carbonyl (C=O) groups is 1. The molecule has 0 bridgehead atoms. The predicted octanol–water partition coefficient (Wildman–Crippen LogP) is 3.85. The number of hydrogen-bond donors (Lipinski definition) is 2. The number of hydrogen-bond acceptors (Lipinski definition) is 7. The third-order valence-corrected chi connectivity index (χ3v) is 6.91. The van der Waals surface area contributed by atoms with Crippen LogP contribution in [0.15, 0.2) is 75.8 Å². The van der Waals surface area contributed by atoms with E-state index in [1.807, 2.05) is 6.92 Å². The molecule has 0 aliphatic heterocycles. The Bertz CT molecular complexity index is 1710. The fraction of sp³-hybridized carbons (Fsp3) is 0.115. The van der Waals surface area contributed by atoms with Crippen LogP contribution in [0.3, 0.4) is 0 Å². The van der Waals surface area contributed by atoms with E-state index in [9.17, 15) is 22.9 Å². The van der Waals surface area contributed by atoms with Gasteiger partial charge in [0.05, 0.1) is 18.0 Å². The summed E-state index contributed by atoms with van der Waals surface area (Å²) in [7, 11) is -4.58. The Hall–Kier alpha value is -2.70. The molecule has 1 amide bonds. The van der Waals surface area contributed by atoms with Crippen molar-refractivity contribution in [3.63, 3.8) is 0 Å². The van der Waals surface area contributed by atoms with Gasteiger partial charge in [-0.3, -0.25) is 9.35 Å². The molecule has 9 nitrogen and oxygen atoms in total. The van der Waals surface area contributed by atoms with Gasteiger partial charge in [0.25, 0.3) is 16.0 Å². The Morgan fingerprint density at radius 1 is 1.05 bits per heavy atom. The first-order valence-corrected chi connectivity index (χ1v) is 13.3. The molecule has 2 N–H and O–H groups in total. The van der Waals surface area contributed by atoms with Gasteiger partial charge in [0.2, 0.25) is 0 Å². The van der Waals surface area contributed by atoms with Crippen LogP contribution in [0, 0.1) is 6.92 Å². The molecule has 39 heavy (non-hydrogen) atoms. The molecule has 0 aromatic heterocycles. The van der Waals surface area contributed by atoms with Crippen LogP contribution in [0.2, 0.25) is 10.0 Å². The second kappa shape index (κ2) is 12.6. The van der Waals surface area contributed by atoms with Crippen molar-refractivity contribution in [2.75, 3.05) is 11.9 Å². The van der Waals surface area contributed by atoms with Gasteiger partial charge < -0.3 is 15.2 Å². The first-order chi connectivity index (χ1) is 18.0. The van der Waals surface area contributed by atoms with Gasteiger partial charge >= 0.3 is 29.6 Å². The van der Waals surface area contributed by atoms with Gasteiger partial charge in [-0.2, -0.15) is 18.6 Å². The molecule has 0 unspecified atom stereocenters. The summed E-state index contributed by atoms with van der Waals surface area (Å²) in [5, 5.41) is 25.5. The Kier molecular flexibility index (Phi) is 10.0. The maximum absolute atomic E-state index is 13.4. The predicted molar refractivity (Wildman–Crippen MR) is 144 cm³/mol. The van der Waals surface area contributed by atoms with E-state index in [0.717, 1.165) is 6.07 Å². The number of benzene rings is 4. The zero-order valence-electron chi connectivity index (χ0n) is 21.0. The van der Waals surface area contributed by atoms with Crippen molar-refractivity contribution in [2.45, 2.75) is 18.7 Å². The number of fused-ring (bicyclic) bond motifs is 1. The van der Waals surface area contributed by atoms with Crippen LogP contribution in [-0.4, -0.2) is 25.5 Å². The topological polar surface area (TPSA) is 140 Å². The number of ether oxygens (including phenoxy) is 1. The smallest absolute Gasteiger partial charge is 0.870 e. The van der Waals surface area contributed by atoms with Crippen molar-refractivity contribution in [1.82, 2.24) is 0 Å². The minimum atomic E-state index is -4.58. The molecule has 0 aliphatic rings. The van der Waals surface area contributed by atoms with Gasteiger partial charge in [-0.05, 0) is 55.1 Å². The van der Waals surface area contributed by atoms with E-state index in [1.54, 1.807) is 36.4 Å². The Labute approximate surface area is 256 Å². The number of azo groups is 1. The number of carbonyl (C=O) groups excluding carboxylic acids is 1. The molecule has 0 heterocycles. The van der Waals surface area contributed by atoms with Crippen molar-refractivity contribution in [3.05, 3.63) is 81.8 Å². The number of nitrogens with one attached hydrogen (secondary N) is 1. The van der Waals surface area contributed by atoms with Crippen molar-refractivity contribution < 1.29 is 57.2 Å². The molecule has 0 saturated carbocycles. The summed E-state index contributed by atoms with van der Waals surface area (Å²) >= 11 is 12.1. The van der Waals surface area contributed by atoms with Gasteiger partial charge in [0, 0.05) is 32.7 Å². The second-order valence-electron chi connectivity index (χ2n) is 8.11. The summed E-state index contributed by atoms with van der Waals surface area (Å²) in [6.07, 6.45) is 0. The number of halogens is 2. The quantitative estimate of drug-likeness (QED) is 0.189. The summed E-state index contributed by atoms with van der Waals surface area (Å²) in [6, 6.07) is 15.3. The summed E-state index contributed by atoms with van der Waals surface area (Å²) in [4.78, 5) is 12.7. The second-order valence-corrected chi connectivity index (χ2v) is 10.4. The first kappa shape index (κ1) is 30.8. The van der Waals surface area contributed by atoms with E-state index in [4.69, 9.17) is 27.9 Å². The summed E-state index contributed by atoms with van der Waals surface area (Å²) in [5.41, 5.74) is 0.0938. The molecule has 0 radical (unpaired) electrons. The number of nitrogens with zero attached hydrogens (tertiary/aromatic N) is 2. The van der Waals surface area contributed by atoms with Crippen molar-refractivity contribution >= 4 is 67.1 Å². The van der Waals surface area contributed by atoms with Gasteiger partial charge in [-0.25, -0.2) is 0 Å². The summed E-state index contributed by atoms with van der Waals surface area (Å²) < 4.78 is 38.4. The SMILES string of the molecule is CCOc1cc(Cl)cc(NC(=O)c2cc3ccccc3c(N=Nc3cc(Cl)cc(S(=O)(=O)O)c3C)c2[O-])c1.[Na+]. The van der Waals surface area contributed by atoms with E-state index >= 15 is 0 Å². The molecule has 4 aromatic rings. The van der Waals surface area contributed by atoms with E-state index in [2.05, 4.69) is 15.5 Å². The summed E-state index contributed by atoms with van der Waals surface area (Å²) in [6.45, 7) is 3.62. The average Bonchev–Trinajstić information content (AvgIpc) is 2.84. The zero-order chi connectivity index (χ0) is 27.6. The standard InChI is InChI=1S/C26H21Cl2N3O6S.Na/c1-3-37-19-10-16(27)9-18(13-19)29-26(33)21-8-15-6-4-5-7-20(15)24(25(21)32)31-30-22-11-17(28)12-23(14(22)2)38(34,35)36;/h4-13,32H,3H2,1-2H3,(H,29,33)(H,34,35,36);/q;+1/p-1. The van der Waals surface area contributed by atoms with E-state index in [1.165, 1.54) is 25.1 Å². The van der Waals surface area contributed by atoms with E-state index < -0.39 is 26.7 Å². The van der Waals surface area contributed by atoms with Crippen LogP contribution >= 0.6 is 23.2 Å². The van der Waals surface area contributed by atoms with Gasteiger partial charge in [-0.15, -0.1) is 0 Å². The molecule has 0 spiro atoms. The van der Waals surface area contributed by atoms with Crippen molar-refractivity contribution in [1.29, 1.82) is 0 Å². The number of rotatable bonds is 7. The van der Waals surface area contributed by atoms with E-state index in [-0.39, 0.29) is 57.1 Å². The molecule has 4 aromatic carbocycles. The van der Waals surface area contributed by atoms with Gasteiger partial charge in [0.1, 0.15) is 10.6 Å². The molecular formula is C26H20Cl2N3NaO6S. The minimum Gasteiger partial charge on any atom is -0.870 e. The third-order valence-electron chi connectivity index (χ3n) is 5.49. The van der Waals surface area contributed by atoms with E-state index in [0.29, 0.717) is 33.8 Å². The molecule has 196 valence electrons. The molecule has 13 heteroatoms.